The molecule has 0 radical (unpaired) electrons. The number of nitrogens with zero attached hydrogens (tertiary/aromatic N) is 2. The van der Waals surface area contributed by atoms with Crippen LogP contribution in [0, 0.1) is 11.8 Å². The van der Waals surface area contributed by atoms with Crippen LogP contribution in [0.1, 0.15) is 6.42 Å². The Bertz CT molecular complexity index is 376. The van der Waals surface area contributed by atoms with Crippen LogP contribution in [0.15, 0.2) is 0 Å². The molecule has 0 aromatic carbocycles. The maximum absolute atomic E-state index is 11.9. The third-order valence-electron chi connectivity index (χ3n) is 3.45. The van der Waals surface area contributed by atoms with Crippen LogP contribution in [-0.2, 0) is 14.3 Å². The van der Waals surface area contributed by atoms with Crippen LogP contribution < -0.4 is 0 Å². The number of rotatable bonds is 2. The zero-order valence-corrected chi connectivity index (χ0v) is 10.2. The number of methoxy groups -OCH3 is 1. The second-order valence-corrected chi connectivity index (χ2v) is 4.57. The number of carboxylic acid groups (broad SMARTS) is 1. The molecular formula is C11H16N2O5. The molecule has 2 rings (SSSR count). The van der Waals surface area contributed by atoms with E-state index in [-0.39, 0.29) is 11.8 Å². The SMILES string of the molecule is COC(=O)N1CCN(C(=O)C2CC2C(=O)O)CC1. The molecule has 7 nitrogen and oxygen atoms in total. The predicted octanol–water partition coefficient (Wildman–Crippen LogP) is -0.382. The highest BCUT2D eigenvalue weighted by molar-refractivity contribution is 5.89. The van der Waals surface area contributed by atoms with E-state index in [9.17, 15) is 14.4 Å². The van der Waals surface area contributed by atoms with Crippen molar-refractivity contribution < 1.29 is 24.2 Å². The minimum atomic E-state index is -0.901. The Hall–Kier alpha value is -1.79. The molecule has 0 aromatic rings. The summed E-state index contributed by atoms with van der Waals surface area (Å²) in [6, 6.07) is 0. The largest absolute Gasteiger partial charge is 0.481 e. The quantitative estimate of drug-likeness (QED) is 0.727. The van der Waals surface area contributed by atoms with Gasteiger partial charge in [-0.2, -0.15) is 0 Å². The van der Waals surface area contributed by atoms with Crippen molar-refractivity contribution in [2.75, 3.05) is 33.3 Å². The first-order valence-electron chi connectivity index (χ1n) is 5.89. The van der Waals surface area contributed by atoms with Crippen molar-refractivity contribution in [1.82, 2.24) is 9.80 Å². The van der Waals surface area contributed by atoms with Crippen LogP contribution in [0.3, 0.4) is 0 Å². The number of carbonyl (C=O) groups is 3. The average Bonchev–Trinajstić information content (AvgIpc) is 3.17. The smallest absolute Gasteiger partial charge is 0.409 e. The number of carbonyl (C=O) groups excluding carboxylic acids is 2. The third-order valence-corrected chi connectivity index (χ3v) is 3.45. The molecule has 2 amide bonds. The Balaban J connectivity index is 1.82. The summed E-state index contributed by atoms with van der Waals surface area (Å²) in [5.74, 6) is -1.89. The summed E-state index contributed by atoms with van der Waals surface area (Å²) < 4.78 is 4.60. The van der Waals surface area contributed by atoms with Gasteiger partial charge in [-0.1, -0.05) is 0 Å². The second-order valence-electron chi connectivity index (χ2n) is 4.57. The van der Waals surface area contributed by atoms with Gasteiger partial charge in [0, 0.05) is 26.2 Å². The first-order valence-corrected chi connectivity index (χ1v) is 5.89. The second kappa shape index (κ2) is 4.83. The van der Waals surface area contributed by atoms with E-state index in [1.807, 2.05) is 0 Å². The van der Waals surface area contributed by atoms with E-state index in [4.69, 9.17) is 5.11 Å². The van der Waals surface area contributed by atoms with Gasteiger partial charge in [0.1, 0.15) is 0 Å². The predicted molar refractivity (Wildman–Crippen MR) is 59.8 cm³/mol. The van der Waals surface area contributed by atoms with Crippen LogP contribution >= 0.6 is 0 Å². The molecule has 2 unspecified atom stereocenters. The van der Waals surface area contributed by atoms with Crippen LogP contribution in [0.4, 0.5) is 4.79 Å². The highest BCUT2D eigenvalue weighted by atomic mass is 16.5. The summed E-state index contributed by atoms with van der Waals surface area (Å²) in [6.07, 6.45) is 0.0442. The number of piperazine rings is 1. The lowest BCUT2D eigenvalue weighted by atomic mass is 10.2. The summed E-state index contributed by atoms with van der Waals surface area (Å²) in [5.41, 5.74) is 0. The summed E-state index contributed by atoms with van der Waals surface area (Å²) in [4.78, 5) is 37.1. The minimum Gasteiger partial charge on any atom is -0.481 e. The molecule has 1 aliphatic carbocycles. The van der Waals surface area contributed by atoms with Gasteiger partial charge >= 0.3 is 12.1 Å². The number of hydrogen-bond acceptors (Lipinski definition) is 4. The molecule has 2 aliphatic rings. The van der Waals surface area contributed by atoms with Gasteiger partial charge < -0.3 is 19.6 Å². The molecule has 1 saturated heterocycles. The molecule has 1 saturated carbocycles. The summed E-state index contributed by atoms with van der Waals surface area (Å²) in [6.45, 7) is 1.75. The van der Waals surface area contributed by atoms with Crippen molar-refractivity contribution in [2.24, 2.45) is 11.8 Å². The van der Waals surface area contributed by atoms with Gasteiger partial charge in [-0.3, -0.25) is 9.59 Å². The maximum atomic E-state index is 11.9. The first kappa shape index (κ1) is 12.7. The van der Waals surface area contributed by atoms with Crippen LogP contribution in [0.5, 0.6) is 0 Å². The molecule has 7 heteroatoms. The molecular weight excluding hydrogens is 240 g/mol. The molecule has 0 bridgehead atoms. The molecule has 0 aromatic heterocycles. The molecule has 1 aliphatic heterocycles. The van der Waals surface area contributed by atoms with Crippen molar-refractivity contribution >= 4 is 18.0 Å². The fourth-order valence-corrected chi connectivity index (χ4v) is 2.21. The van der Waals surface area contributed by atoms with Gasteiger partial charge in [0.05, 0.1) is 18.9 Å². The van der Waals surface area contributed by atoms with Crippen LogP contribution in [0.2, 0.25) is 0 Å². The normalized spacial score (nSPS) is 26.7. The van der Waals surface area contributed by atoms with E-state index in [2.05, 4.69) is 4.74 Å². The van der Waals surface area contributed by atoms with Gasteiger partial charge in [0.2, 0.25) is 5.91 Å². The van der Waals surface area contributed by atoms with Gasteiger partial charge in [0.25, 0.3) is 0 Å². The standard InChI is InChI=1S/C11H16N2O5/c1-18-11(17)13-4-2-12(3-5-13)9(14)7-6-8(7)10(15)16/h7-8H,2-6H2,1H3,(H,15,16). The highest BCUT2D eigenvalue weighted by Crippen LogP contribution is 2.40. The highest BCUT2D eigenvalue weighted by Gasteiger charge is 2.50. The Labute approximate surface area is 104 Å². The zero-order valence-electron chi connectivity index (χ0n) is 10.2. The lowest BCUT2D eigenvalue weighted by molar-refractivity contribution is -0.142. The molecule has 18 heavy (non-hydrogen) atoms. The van der Waals surface area contributed by atoms with Crippen LogP contribution in [0.25, 0.3) is 0 Å². The van der Waals surface area contributed by atoms with E-state index in [1.165, 1.54) is 12.0 Å². The van der Waals surface area contributed by atoms with Crippen LogP contribution in [-0.4, -0.2) is 66.2 Å². The van der Waals surface area contributed by atoms with Gasteiger partial charge in [-0.25, -0.2) is 4.79 Å². The molecule has 100 valence electrons. The van der Waals surface area contributed by atoms with Crippen molar-refractivity contribution in [3.05, 3.63) is 0 Å². The van der Waals surface area contributed by atoms with Gasteiger partial charge in [0.15, 0.2) is 0 Å². The Morgan fingerprint density at radius 2 is 1.61 bits per heavy atom. The summed E-state index contributed by atoms with van der Waals surface area (Å²) in [5, 5.41) is 8.78. The zero-order chi connectivity index (χ0) is 13.3. The monoisotopic (exact) mass is 256 g/mol. The number of ether oxygens (including phenoxy) is 1. The fraction of sp³-hybridized carbons (Fsp3) is 0.727. The molecule has 0 spiro atoms. The Morgan fingerprint density at radius 3 is 2.06 bits per heavy atom. The van der Waals surface area contributed by atoms with Crippen molar-refractivity contribution in [2.45, 2.75) is 6.42 Å². The Morgan fingerprint density at radius 1 is 1.06 bits per heavy atom. The van der Waals surface area contributed by atoms with E-state index >= 15 is 0 Å². The number of aliphatic carboxylic acids is 1. The minimum absolute atomic E-state index is 0.105. The summed E-state index contributed by atoms with van der Waals surface area (Å²) >= 11 is 0. The number of carboxylic acids is 1. The van der Waals surface area contributed by atoms with E-state index < -0.39 is 18.0 Å². The first-order chi connectivity index (χ1) is 8.54. The Kier molecular flexibility index (Phi) is 3.40. The van der Waals surface area contributed by atoms with Crippen molar-refractivity contribution in [1.29, 1.82) is 0 Å². The lowest BCUT2D eigenvalue weighted by Crippen LogP contribution is -2.51. The van der Waals surface area contributed by atoms with E-state index in [0.717, 1.165) is 0 Å². The lowest BCUT2D eigenvalue weighted by Gasteiger charge is -2.34. The van der Waals surface area contributed by atoms with E-state index in [0.29, 0.717) is 32.6 Å². The fourth-order valence-electron chi connectivity index (χ4n) is 2.21. The molecule has 1 heterocycles. The number of amides is 2. The topological polar surface area (TPSA) is 87.2 Å². The van der Waals surface area contributed by atoms with Gasteiger partial charge in [-0.15, -0.1) is 0 Å². The molecule has 2 fully saturated rings. The van der Waals surface area contributed by atoms with E-state index in [1.54, 1.807) is 4.90 Å². The molecule has 1 N–H and O–H groups in total. The van der Waals surface area contributed by atoms with Crippen molar-refractivity contribution in [3.8, 4) is 0 Å². The summed E-state index contributed by atoms with van der Waals surface area (Å²) in [7, 11) is 1.32. The molecule has 2 atom stereocenters. The van der Waals surface area contributed by atoms with Gasteiger partial charge in [-0.05, 0) is 6.42 Å². The maximum Gasteiger partial charge on any atom is 0.409 e. The number of hydrogen-bond donors (Lipinski definition) is 1. The average molecular weight is 256 g/mol. The third kappa shape index (κ3) is 2.39. The van der Waals surface area contributed by atoms with Crippen molar-refractivity contribution in [3.63, 3.8) is 0 Å².